The van der Waals surface area contributed by atoms with Gasteiger partial charge in [0.2, 0.25) is 5.91 Å². The van der Waals surface area contributed by atoms with Crippen molar-refractivity contribution in [2.24, 2.45) is 0 Å². The summed E-state index contributed by atoms with van der Waals surface area (Å²) in [5.74, 6) is 1.39. The summed E-state index contributed by atoms with van der Waals surface area (Å²) in [5.41, 5.74) is 0.768. The molecule has 2 unspecified atom stereocenters. The Bertz CT molecular complexity index is 555. The third-order valence-corrected chi connectivity index (χ3v) is 4.54. The highest BCUT2D eigenvalue weighted by Crippen LogP contribution is 2.40. The van der Waals surface area contributed by atoms with Gasteiger partial charge in [0.05, 0.1) is 13.2 Å². The highest BCUT2D eigenvalue weighted by atomic mass is 16.5. The number of benzene rings is 1. The molecule has 2 aliphatic heterocycles. The highest BCUT2D eigenvalue weighted by Gasteiger charge is 2.36. The monoisotopic (exact) mass is 306 g/mol. The largest absolute Gasteiger partial charge is 0.493 e. The lowest BCUT2D eigenvalue weighted by Gasteiger charge is -2.42. The number of rotatable bonds is 2. The SMILES string of the molecule is COc1cccc2c1OCC(N1CCN(C(C)=O)CC1)C2O. The van der Waals surface area contributed by atoms with Crippen molar-refractivity contribution < 1.29 is 19.4 Å². The molecule has 1 N–H and O–H groups in total. The molecule has 6 heteroatoms. The van der Waals surface area contributed by atoms with Crippen LogP contribution >= 0.6 is 0 Å². The summed E-state index contributed by atoms with van der Waals surface area (Å²) in [6.45, 7) is 4.92. The summed E-state index contributed by atoms with van der Waals surface area (Å²) in [6, 6.07) is 5.48. The van der Waals surface area contributed by atoms with Gasteiger partial charge in [0.1, 0.15) is 12.7 Å². The molecule has 0 aliphatic carbocycles. The Balaban J connectivity index is 1.74. The number of methoxy groups -OCH3 is 1. The maximum Gasteiger partial charge on any atom is 0.219 e. The fourth-order valence-electron chi connectivity index (χ4n) is 3.22. The molecule has 1 aromatic carbocycles. The number of aliphatic hydroxyl groups excluding tert-OH is 1. The molecule has 0 radical (unpaired) electrons. The predicted molar refractivity (Wildman–Crippen MR) is 81.1 cm³/mol. The van der Waals surface area contributed by atoms with Gasteiger partial charge in [-0.2, -0.15) is 0 Å². The van der Waals surface area contributed by atoms with Gasteiger partial charge in [0.25, 0.3) is 0 Å². The van der Waals surface area contributed by atoms with E-state index in [9.17, 15) is 9.90 Å². The fourth-order valence-corrected chi connectivity index (χ4v) is 3.22. The number of ether oxygens (including phenoxy) is 2. The molecule has 22 heavy (non-hydrogen) atoms. The zero-order chi connectivity index (χ0) is 15.7. The molecule has 0 spiro atoms. The van der Waals surface area contributed by atoms with E-state index in [2.05, 4.69) is 4.90 Å². The molecule has 6 nitrogen and oxygen atoms in total. The van der Waals surface area contributed by atoms with E-state index in [0.717, 1.165) is 18.7 Å². The maximum atomic E-state index is 11.4. The lowest BCUT2D eigenvalue weighted by molar-refractivity contribution is -0.131. The van der Waals surface area contributed by atoms with Gasteiger partial charge in [0, 0.05) is 38.7 Å². The topological polar surface area (TPSA) is 62.2 Å². The number of fused-ring (bicyclic) bond motifs is 1. The van der Waals surface area contributed by atoms with Crippen molar-refractivity contribution in [2.75, 3.05) is 39.9 Å². The minimum atomic E-state index is -0.609. The van der Waals surface area contributed by atoms with E-state index >= 15 is 0 Å². The van der Waals surface area contributed by atoms with Crippen molar-refractivity contribution >= 4 is 5.91 Å². The summed E-state index contributed by atoms with van der Waals surface area (Å²) in [6.07, 6.45) is -0.609. The van der Waals surface area contributed by atoms with Crippen LogP contribution in [-0.4, -0.2) is 66.8 Å². The zero-order valence-electron chi connectivity index (χ0n) is 13.0. The van der Waals surface area contributed by atoms with Gasteiger partial charge >= 0.3 is 0 Å². The second-order valence-electron chi connectivity index (χ2n) is 5.74. The quantitative estimate of drug-likeness (QED) is 0.869. The van der Waals surface area contributed by atoms with E-state index in [1.807, 2.05) is 23.1 Å². The number of carbonyl (C=O) groups is 1. The Labute approximate surface area is 130 Å². The normalized spacial score (nSPS) is 25.3. The molecule has 2 atom stereocenters. The second-order valence-corrected chi connectivity index (χ2v) is 5.74. The van der Waals surface area contributed by atoms with Crippen LogP contribution in [0, 0.1) is 0 Å². The second kappa shape index (κ2) is 6.14. The number of hydrogen-bond donors (Lipinski definition) is 1. The van der Waals surface area contributed by atoms with Crippen LogP contribution in [-0.2, 0) is 4.79 Å². The van der Waals surface area contributed by atoms with Crippen LogP contribution in [0.3, 0.4) is 0 Å². The molecule has 0 bridgehead atoms. The molecule has 1 aromatic rings. The Kier molecular flexibility index (Phi) is 4.22. The molecule has 2 aliphatic rings. The summed E-state index contributed by atoms with van der Waals surface area (Å²) in [4.78, 5) is 15.4. The Morgan fingerprint density at radius 2 is 2.05 bits per heavy atom. The van der Waals surface area contributed by atoms with Crippen molar-refractivity contribution in [3.05, 3.63) is 23.8 Å². The highest BCUT2D eigenvalue weighted by molar-refractivity contribution is 5.73. The Morgan fingerprint density at radius 3 is 2.68 bits per heavy atom. The van der Waals surface area contributed by atoms with E-state index in [-0.39, 0.29) is 11.9 Å². The molecule has 3 rings (SSSR count). The first-order valence-corrected chi connectivity index (χ1v) is 7.59. The number of piperazine rings is 1. The van der Waals surface area contributed by atoms with Gasteiger partial charge in [-0.25, -0.2) is 0 Å². The molecular formula is C16H22N2O4. The van der Waals surface area contributed by atoms with Gasteiger partial charge in [-0.1, -0.05) is 12.1 Å². The molecule has 1 saturated heterocycles. The van der Waals surface area contributed by atoms with Gasteiger partial charge in [-0.15, -0.1) is 0 Å². The van der Waals surface area contributed by atoms with Crippen LogP contribution in [0.25, 0.3) is 0 Å². The lowest BCUT2D eigenvalue weighted by Crippen LogP contribution is -2.55. The number of nitrogens with zero attached hydrogens (tertiary/aromatic N) is 2. The van der Waals surface area contributed by atoms with Crippen LogP contribution in [0.2, 0.25) is 0 Å². The van der Waals surface area contributed by atoms with Crippen molar-refractivity contribution in [1.82, 2.24) is 9.80 Å². The summed E-state index contributed by atoms with van der Waals surface area (Å²) in [7, 11) is 1.60. The average molecular weight is 306 g/mol. The van der Waals surface area contributed by atoms with Crippen LogP contribution < -0.4 is 9.47 Å². The van der Waals surface area contributed by atoms with E-state index in [1.165, 1.54) is 0 Å². The predicted octanol–water partition coefficient (Wildman–Crippen LogP) is 0.654. The van der Waals surface area contributed by atoms with E-state index in [4.69, 9.17) is 9.47 Å². The van der Waals surface area contributed by atoms with Crippen molar-refractivity contribution in [2.45, 2.75) is 19.1 Å². The average Bonchev–Trinajstić information content (AvgIpc) is 2.55. The minimum Gasteiger partial charge on any atom is -0.493 e. The lowest BCUT2D eigenvalue weighted by atomic mass is 9.97. The number of amides is 1. The molecule has 2 heterocycles. The van der Waals surface area contributed by atoms with Gasteiger partial charge in [-0.3, -0.25) is 9.69 Å². The molecule has 1 fully saturated rings. The van der Waals surface area contributed by atoms with Crippen molar-refractivity contribution in [3.8, 4) is 11.5 Å². The molecular weight excluding hydrogens is 284 g/mol. The molecule has 120 valence electrons. The first-order chi connectivity index (χ1) is 10.6. The molecule has 0 aromatic heterocycles. The van der Waals surface area contributed by atoms with Crippen LogP contribution in [0.4, 0.5) is 0 Å². The van der Waals surface area contributed by atoms with E-state index in [0.29, 0.717) is 31.2 Å². The standard InChI is InChI=1S/C16H22N2O4/c1-11(19)17-6-8-18(9-7-17)13-10-22-16-12(15(13)20)4-3-5-14(16)21-2/h3-5,13,15,20H,6-10H2,1-2H3. The molecule has 0 saturated carbocycles. The van der Waals surface area contributed by atoms with E-state index in [1.54, 1.807) is 14.0 Å². The maximum absolute atomic E-state index is 11.4. The third-order valence-electron chi connectivity index (χ3n) is 4.54. The number of para-hydroxylation sites is 1. The third kappa shape index (κ3) is 2.64. The number of aliphatic hydroxyl groups is 1. The van der Waals surface area contributed by atoms with Crippen molar-refractivity contribution in [3.63, 3.8) is 0 Å². The fraction of sp³-hybridized carbons (Fsp3) is 0.562. The number of hydrogen-bond acceptors (Lipinski definition) is 5. The molecule has 1 amide bonds. The van der Waals surface area contributed by atoms with Crippen molar-refractivity contribution in [1.29, 1.82) is 0 Å². The summed E-state index contributed by atoms with van der Waals surface area (Å²) in [5, 5.41) is 10.7. The van der Waals surface area contributed by atoms with Gasteiger partial charge < -0.3 is 19.5 Å². The minimum absolute atomic E-state index is 0.0892. The Morgan fingerprint density at radius 1 is 1.32 bits per heavy atom. The van der Waals surface area contributed by atoms with Crippen LogP contribution in [0.5, 0.6) is 11.5 Å². The first kappa shape index (κ1) is 15.1. The van der Waals surface area contributed by atoms with Crippen LogP contribution in [0.1, 0.15) is 18.6 Å². The number of carbonyl (C=O) groups excluding carboxylic acids is 1. The first-order valence-electron chi connectivity index (χ1n) is 7.59. The smallest absolute Gasteiger partial charge is 0.219 e. The van der Waals surface area contributed by atoms with Gasteiger partial charge in [0.15, 0.2) is 11.5 Å². The summed E-state index contributed by atoms with van der Waals surface area (Å²) < 4.78 is 11.1. The zero-order valence-corrected chi connectivity index (χ0v) is 13.0. The summed E-state index contributed by atoms with van der Waals surface area (Å²) >= 11 is 0. The Hall–Kier alpha value is -1.79. The van der Waals surface area contributed by atoms with E-state index < -0.39 is 6.10 Å². The van der Waals surface area contributed by atoms with Gasteiger partial charge in [-0.05, 0) is 6.07 Å². The van der Waals surface area contributed by atoms with Crippen LogP contribution in [0.15, 0.2) is 18.2 Å².